The Kier molecular flexibility index (Phi) is 6.44. The summed E-state index contributed by atoms with van der Waals surface area (Å²) in [5.41, 5.74) is 2.61. The van der Waals surface area contributed by atoms with Gasteiger partial charge in [-0.25, -0.2) is 0 Å². The first kappa shape index (κ1) is 20.0. The maximum Gasteiger partial charge on any atom is 0.326 e. The number of aryl methyl sites for hydroxylation is 1. The van der Waals surface area contributed by atoms with Crippen LogP contribution in [0.25, 0.3) is 16.3 Å². The molecule has 3 rings (SSSR count). The fourth-order valence-corrected chi connectivity index (χ4v) is 4.09. The van der Waals surface area contributed by atoms with Crippen LogP contribution in [-0.4, -0.2) is 23.1 Å². The van der Waals surface area contributed by atoms with Crippen molar-refractivity contribution in [3.63, 3.8) is 0 Å². The molecule has 0 bridgehead atoms. The summed E-state index contributed by atoms with van der Waals surface area (Å²) in [5.74, 6) is -0.798. The third kappa shape index (κ3) is 4.58. The lowest BCUT2D eigenvalue weighted by atomic mass is 10.2. The molecule has 1 heterocycles. The Morgan fingerprint density at radius 2 is 2.00 bits per heavy atom. The minimum atomic E-state index is -0.429. The maximum atomic E-state index is 12.4. The number of carbonyl (C=O) groups is 2. The van der Waals surface area contributed by atoms with Crippen LogP contribution in [0.2, 0.25) is 5.02 Å². The number of amides is 1. The lowest BCUT2D eigenvalue weighted by Gasteiger charge is -2.06. The van der Waals surface area contributed by atoms with Crippen molar-refractivity contribution in [1.29, 1.82) is 0 Å². The predicted octanol–water partition coefficient (Wildman–Crippen LogP) is 4.37. The number of para-hydroxylation sites is 1. The summed E-state index contributed by atoms with van der Waals surface area (Å²) >= 11 is 7.46. The highest BCUT2D eigenvalue weighted by Gasteiger charge is 2.13. The van der Waals surface area contributed by atoms with Crippen LogP contribution in [0, 0.1) is 6.92 Å². The van der Waals surface area contributed by atoms with Crippen molar-refractivity contribution >= 4 is 51.1 Å². The normalized spacial score (nSPS) is 12.0. The van der Waals surface area contributed by atoms with Gasteiger partial charge in [0, 0.05) is 11.1 Å². The molecule has 7 heteroatoms. The predicted molar refractivity (Wildman–Crippen MR) is 112 cm³/mol. The van der Waals surface area contributed by atoms with E-state index < -0.39 is 5.91 Å². The summed E-state index contributed by atoms with van der Waals surface area (Å²) in [5, 5.41) is 0.557. The molecule has 0 saturated heterocycles. The third-order valence-electron chi connectivity index (χ3n) is 4.01. The molecule has 0 atom stereocenters. The van der Waals surface area contributed by atoms with E-state index in [0.717, 1.165) is 21.3 Å². The molecule has 0 spiro atoms. The van der Waals surface area contributed by atoms with Gasteiger partial charge in [-0.15, -0.1) is 0 Å². The molecule has 1 aromatic heterocycles. The Morgan fingerprint density at radius 1 is 1.21 bits per heavy atom. The van der Waals surface area contributed by atoms with E-state index in [0.29, 0.717) is 16.4 Å². The molecule has 144 valence electrons. The van der Waals surface area contributed by atoms with Gasteiger partial charge >= 0.3 is 5.97 Å². The Balaban J connectivity index is 2.01. The molecule has 28 heavy (non-hydrogen) atoms. The van der Waals surface area contributed by atoms with E-state index in [9.17, 15) is 9.59 Å². The largest absolute Gasteiger partial charge is 0.465 e. The van der Waals surface area contributed by atoms with Crippen LogP contribution in [0.1, 0.15) is 18.1 Å². The average molecular weight is 415 g/mol. The van der Waals surface area contributed by atoms with Crippen LogP contribution in [0.5, 0.6) is 0 Å². The van der Waals surface area contributed by atoms with Gasteiger partial charge in [-0.05, 0) is 43.2 Å². The number of fused-ring (bicyclic) bond motifs is 1. The molecule has 5 nitrogen and oxygen atoms in total. The van der Waals surface area contributed by atoms with Crippen molar-refractivity contribution in [2.75, 3.05) is 6.61 Å². The number of hydrogen-bond donors (Lipinski definition) is 0. The summed E-state index contributed by atoms with van der Waals surface area (Å²) in [6.45, 7) is 4.01. The average Bonchev–Trinajstić information content (AvgIpc) is 2.99. The second-order valence-electron chi connectivity index (χ2n) is 6.00. The summed E-state index contributed by atoms with van der Waals surface area (Å²) in [7, 11) is 0. The Morgan fingerprint density at radius 3 is 2.75 bits per heavy atom. The summed E-state index contributed by atoms with van der Waals surface area (Å²) < 4.78 is 7.75. The number of aromatic nitrogens is 1. The number of thiazole rings is 1. The summed E-state index contributed by atoms with van der Waals surface area (Å²) in [6.07, 6.45) is 3.00. The standard InChI is InChI=1S/C21H19ClN2O3S/c1-3-27-19(26)13-24-20-14(2)7-6-10-17(20)28-21(24)23-18(25)12-11-15-8-4-5-9-16(15)22/h4-12H,3,13H2,1-2H3/b12-11+,23-21?. The molecule has 3 aromatic rings. The zero-order chi connectivity index (χ0) is 20.1. The van der Waals surface area contributed by atoms with Gasteiger partial charge in [0.05, 0.1) is 16.8 Å². The van der Waals surface area contributed by atoms with Crippen molar-refractivity contribution in [1.82, 2.24) is 4.57 Å². The van der Waals surface area contributed by atoms with Crippen LogP contribution in [0.4, 0.5) is 0 Å². The van der Waals surface area contributed by atoms with Crippen LogP contribution in [-0.2, 0) is 20.9 Å². The molecule has 2 aromatic carbocycles. The first-order chi connectivity index (χ1) is 13.5. The molecule has 0 aliphatic rings. The summed E-state index contributed by atoms with van der Waals surface area (Å²) in [6, 6.07) is 13.1. The molecular formula is C21H19ClN2O3S. The molecule has 0 aliphatic heterocycles. The quantitative estimate of drug-likeness (QED) is 0.460. The molecule has 0 fully saturated rings. The van der Waals surface area contributed by atoms with E-state index in [1.165, 1.54) is 17.4 Å². The topological polar surface area (TPSA) is 60.7 Å². The van der Waals surface area contributed by atoms with Crippen LogP contribution >= 0.6 is 22.9 Å². The molecule has 0 aliphatic carbocycles. The van der Waals surface area contributed by atoms with Crippen LogP contribution in [0.3, 0.4) is 0 Å². The minimum Gasteiger partial charge on any atom is -0.465 e. The number of ether oxygens (including phenoxy) is 1. The Labute approximate surface area is 171 Å². The number of nitrogens with zero attached hydrogens (tertiary/aromatic N) is 2. The van der Waals surface area contributed by atoms with E-state index >= 15 is 0 Å². The summed E-state index contributed by atoms with van der Waals surface area (Å²) in [4.78, 5) is 29.1. The first-order valence-electron chi connectivity index (χ1n) is 8.75. The fraction of sp³-hybridized carbons (Fsp3) is 0.190. The number of carbonyl (C=O) groups excluding carboxylic acids is 2. The zero-order valence-electron chi connectivity index (χ0n) is 15.5. The number of esters is 1. The van der Waals surface area contributed by atoms with Gasteiger partial charge in [-0.3, -0.25) is 9.59 Å². The number of hydrogen-bond acceptors (Lipinski definition) is 4. The molecule has 0 unspecified atom stereocenters. The van der Waals surface area contributed by atoms with Crippen molar-refractivity contribution in [2.24, 2.45) is 4.99 Å². The van der Waals surface area contributed by atoms with E-state index in [1.54, 1.807) is 23.6 Å². The second kappa shape index (κ2) is 8.99. The smallest absolute Gasteiger partial charge is 0.326 e. The first-order valence-corrected chi connectivity index (χ1v) is 9.95. The van der Waals surface area contributed by atoms with E-state index in [4.69, 9.17) is 16.3 Å². The van der Waals surface area contributed by atoms with Gasteiger partial charge in [0.25, 0.3) is 5.91 Å². The van der Waals surface area contributed by atoms with Gasteiger partial charge < -0.3 is 9.30 Å². The van der Waals surface area contributed by atoms with Gasteiger partial charge in [0.1, 0.15) is 6.54 Å². The van der Waals surface area contributed by atoms with Gasteiger partial charge in [0.2, 0.25) is 0 Å². The third-order valence-corrected chi connectivity index (χ3v) is 5.40. The van der Waals surface area contributed by atoms with Crippen molar-refractivity contribution in [3.8, 4) is 0 Å². The fourth-order valence-electron chi connectivity index (χ4n) is 2.78. The van der Waals surface area contributed by atoms with Gasteiger partial charge in [0.15, 0.2) is 4.80 Å². The highest BCUT2D eigenvalue weighted by molar-refractivity contribution is 7.16. The zero-order valence-corrected chi connectivity index (χ0v) is 17.1. The van der Waals surface area contributed by atoms with Gasteiger partial charge in [-0.2, -0.15) is 4.99 Å². The van der Waals surface area contributed by atoms with Crippen molar-refractivity contribution in [2.45, 2.75) is 20.4 Å². The minimum absolute atomic E-state index is 0.000958. The SMILES string of the molecule is CCOC(=O)Cn1c(=NC(=O)/C=C/c2ccccc2Cl)sc2cccc(C)c21. The molecular weight excluding hydrogens is 396 g/mol. The maximum absolute atomic E-state index is 12.4. The lowest BCUT2D eigenvalue weighted by Crippen LogP contribution is -2.23. The van der Waals surface area contributed by atoms with Gasteiger partial charge in [-0.1, -0.05) is 53.3 Å². The monoisotopic (exact) mass is 414 g/mol. The Hall–Kier alpha value is -2.70. The number of benzene rings is 2. The Bertz CT molecular complexity index is 1130. The molecule has 1 amide bonds. The molecule has 0 N–H and O–H groups in total. The number of halogens is 1. The van der Waals surface area contributed by atoms with Crippen molar-refractivity contribution < 1.29 is 14.3 Å². The highest BCUT2D eigenvalue weighted by Crippen LogP contribution is 2.21. The number of rotatable bonds is 5. The second-order valence-corrected chi connectivity index (χ2v) is 7.42. The lowest BCUT2D eigenvalue weighted by molar-refractivity contribution is -0.143. The van der Waals surface area contributed by atoms with E-state index in [2.05, 4.69) is 4.99 Å². The van der Waals surface area contributed by atoms with Crippen LogP contribution < -0.4 is 4.80 Å². The van der Waals surface area contributed by atoms with Crippen LogP contribution in [0.15, 0.2) is 53.5 Å². The van der Waals surface area contributed by atoms with E-state index in [1.807, 2.05) is 43.3 Å². The van der Waals surface area contributed by atoms with E-state index in [-0.39, 0.29) is 12.5 Å². The molecule has 0 radical (unpaired) electrons. The molecule has 0 saturated carbocycles. The van der Waals surface area contributed by atoms with Crippen molar-refractivity contribution in [3.05, 3.63) is 69.5 Å². The highest BCUT2D eigenvalue weighted by atomic mass is 35.5.